The van der Waals surface area contributed by atoms with E-state index in [1.54, 1.807) is 0 Å². The van der Waals surface area contributed by atoms with Crippen LogP contribution in [0.2, 0.25) is 0 Å². The first-order valence-electron chi connectivity index (χ1n) is 10.2. The molecule has 6 heteroatoms. The van der Waals surface area contributed by atoms with Crippen LogP contribution in [0.15, 0.2) is 97.1 Å². The van der Waals surface area contributed by atoms with Gasteiger partial charge in [0, 0.05) is 0 Å². The topological polar surface area (TPSA) is 0 Å². The Morgan fingerprint density at radius 3 is 1.09 bits per heavy atom. The molecule has 0 saturated carbocycles. The lowest BCUT2D eigenvalue weighted by atomic mass is 9.67. The minimum Gasteiger partial charge on any atom is -0.166 e. The highest BCUT2D eigenvalue weighted by molar-refractivity contribution is 5.86. The molecular weight excluding hydrogens is 438 g/mol. The van der Waals surface area contributed by atoms with Crippen LogP contribution in [0.4, 0.5) is 26.3 Å². The number of hydrogen-bond donors (Lipinski definition) is 0. The van der Waals surface area contributed by atoms with E-state index in [-0.39, 0.29) is 0 Å². The second-order valence-corrected chi connectivity index (χ2v) is 7.99. The summed E-state index contributed by atoms with van der Waals surface area (Å²) in [4.78, 5) is 0. The molecule has 1 aliphatic rings. The van der Waals surface area contributed by atoms with Crippen LogP contribution in [0, 0.1) is 0 Å². The Balaban J connectivity index is 1.83. The maximum Gasteiger partial charge on any atom is 0.416 e. The Morgan fingerprint density at radius 2 is 0.758 bits per heavy atom. The predicted octanol–water partition coefficient (Wildman–Crippen LogP) is 8.09. The molecule has 1 aliphatic carbocycles. The van der Waals surface area contributed by atoms with Crippen molar-refractivity contribution >= 4 is 0 Å². The summed E-state index contributed by atoms with van der Waals surface area (Å²) in [7, 11) is 0. The van der Waals surface area contributed by atoms with Gasteiger partial charge in [-0.3, -0.25) is 0 Å². The summed E-state index contributed by atoms with van der Waals surface area (Å²) in [6, 6.07) is 24.7. The molecule has 0 unspecified atom stereocenters. The first-order valence-corrected chi connectivity index (χ1v) is 10.2. The van der Waals surface area contributed by atoms with Gasteiger partial charge in [0.15, 0.2) is 0 Å². The van der Waals surface area contributed by atoms with Crippen LogP contribution in [0.5, 0.6) is 0 Å². The van der Waals surface area contributed by atoms with Gasteiger partial charge in [-0.15, -0.1) is 0 Å². The number of alkyl halides is 6. The van der Waals surface area contributed by atoms with E-state index in [2.05, 4.69) is 0 Å². The molecule has 0 fully saturated rings. The highest BCUT2D eigenvalue weighted by atomic mass is 19.4. The van der Waals surface area contributed by atoms with E-state index in [4.69, 9.17) is 0 Å². The van der Waals surface area contributed by atoms with Crippen molar-refractivity contribution in [2.24, 2.45) is 0 Å². The third-order valence-electron chi connectivity index (χ3n) is 6.24. The number of benzene rings is 4. The van der Waals surface area contributed by atoms with Gasteiger partial charge in [-0.05, 0) is 57.6 Å². The third kappa shape index (κ3) is 3.24. The molecule has 33 heavy (non-hydrogen) atoms. The number of halogens is 6. The molecule has 0 saturated heterocycles. The molecule has 0 aliphatic heterocycles. The highest BCUT2D eigenvalue weighted by Crippen LogP contribution is 2.56. The molecule has 0 nitrogen and oxygen atoms in total. The van der Waals surface area contributed by atoms with Crippen LogP contribution in [0.25, 0.3) is 11.1 Å². The Kier molecular flexibility index (Phi) is 4.67. The lowest BCUT2D eigenvalue weighted by Gasteiger charge is -2.34. The van der Waals surface area contributed by atoms with Gasteiger partial charge in [0.25, 0.3) is 0 Å². The molecule has 166 valence electrons. The summed E-state index contributed by atoms with van der Waals surface area (Å²) in [5.41, 5.74) is 1.89. The Bertz CT molecular complexity index is 1210. The van der Waals surface area contributed by atoms with Crippen LogP contribution in [-0.2, 0) is 17.8 Å². The van der Waals surface area contributed by atoms with Gasteiger partial charge in [-0.1, -0.05) is 72.8 Å². The summed E-state index contributed by atoms with van der Waals surface area (Å²) in [6.07, 6.45) is -8.99. The standard InChI is InChI=1S/C27H16F6/c28-26(29,30)19-13-9-17(10-14-19)25(18-11-15-20(16-12-18)27(31,32)33)23-7-3-1-5-21(23)22-6-2-4-8-24(22)25/h1-16H. The van der Waals surface area contributed by atoms with Crippen molar-refractivity contribution in [2.45, 2.75) is 17.8 Å². The summed E-state index contributed by atoms with van der Waals surface area (Å²) >= 11 is 0. The highest BCUT2D eigenvalue weighted by Gasteiger charge is 2.46. The number of rotatable bonds is 2. The molecule has 0 bridgehead atoms. The second kappa shape index (κ2) is 7.24. The normalized spacial score (nSPS) is 14.6. The van der Waals surface area contributed by atoms with Gasteiger partial charge in [0.05, 0.1) is 16.5 Å². The van der Waals surface area contributed by atoms with Crippen molar-refractivity contribution in [3.8, 4) is 11.1 Å². The largest absolute Gasteiger partial charge is 0.416 e. The van der Waals surface area contributed by atoms with Gasteiger partial charge in [-0.25, -0.2) is 0 Å². The van der Waals surface area contributed by atoms with Crippen molar-refractivity contribution in [3.05, 3.63) is 130 Å². The van der Waals surface area contributed by atoms with E-state index in [1.807, 2.05) is 48.5 Å². The predicted molar refractivity (Wildman–Crippen MR) is 114 cm³/mol. The van der Waals surface area contributed by atoms with Gasteiger partial charge in [0.1, 0.15) is 0 Å². The van der Waals surface area contributed by atoms with Crippen LogP contribution in [0.1, 0.15) is 33.4 Å². The van der Waals surface area contributed by atoms with E-state index in [0.717, 1.165) is 46.5 Å². The lowest BCUT2D eigenvalue weighted by Crippen LogP contribution is -2.29. The van der Waals surface area contributed by atoms with Gasteiger partial charge >= 0.3 is 12.4 Å². The molecule has 0 heterocycles. The molecule has 5 rings (SSSR count). The van der Waals surface area contributed by atoms with Crippen LogP contribution >= 0.6 is 0 Å². The first kappa shape index (κ1) is 21.3. The fourth-order valence-corrected chi connectivity index (χ4v) is 4.84. The van der Waals surface area contributed by atoms with E-state index in [1.165, 1.54) is 24.3 Å². The van der Waals surface area contributed by atoms with Gasteiger partial charge in [0.2, 0.25) is 0 Å². The first-order chi connectivity index (χ1) is 15.6. The van der Waals surface area contributed by atoms with Gasteiger partial charge < -0.3 is 0 Å². The third-order valence-corrected chi connectivity index (χ3v) is 6.24. The van der Waals surface area contributed by atoms with E-state index in [9.17, 15) is 26.3 Å². The minimum atomic E-state index is -4.49. The monoisotopic (exact) mass is 454 g/mol. The van der Waals surface area contributed by atoms with Gasteiger partial charge in [-0.2, -0.15) is 26.3 Å². The lowest BCUT2D eigenvalue weighted by molar-refractivity contribution is -0.138. The minimum absolute atomic E-state index is 0.549. The summed E-state index contributed by atoms with van der Waals surface area (Å²) < 4.78 is 79.5. The molecule has 0 amide bonds. The fourth-order valence-electron chi connectivity index (χ4n) is 4.84. The average Bonchev–Trinajstić information content (AvgIpc) is 3.10. The molecule has 4 aromatic carbocycles. The summed E-state index contributed by atoms with van der Waals surface area (Å²) in [5, 5.41) is 0. The van der Waals surface area contributed by atoms with Crippen molar-refractivity contribution in [1.29, 1.82) is 0 Å². The van der Waals surface area contributed by atoms with Crippen molar-refractivity contribution in [3.63, 3.8) is 0 Å². The Hall–Kier alpha value is -3.54. The molecule has 0 aromatic heterocycles. The Morgan fingerprint density at radius 1 is 0.424 bits per heavy atom. The van der Waals surface area contributed by atoms with Crippen molar-refractivity contribution < 1.29 is 26.3 Å². The second-order valence-electron chi connectivity index (χ2n) is 7.99. The molecule has 0 radical (unpaired) electrons. The summed E-state index contributed by atoms with van der Waals surface area (Å²) in [6.45, 7) is 0. The zero-order chi connectivity index (χ0) is 23.4. The van der Waals surface area contributed by atoms with Crippen molar-refractivity contribution in [2.75, 3.05) is 0 Å². The zero-order valence-corrected chi connectivity index (χ0v) is 17.0. The fraction of sp³-hybridized carbons (Fsp3) is 0.111. The van der Waals surface area contributed by atoms with E-state index < -0.39 is 28.9 Å². The zero-order valence-electron chi connectivity index (χ0n) is 17.0. The molecule has 4 aromatic rings. The molecule has 0 atom stereocenters. The van der Waals surface area contributed by atoms with Crippen LogP contribution in [0.3, 0.4) is 0 Å². The average molecular weight is 454 g/mol. The smallest absolute Gasteiger partial charge is 0.166 e. The van der Waals surface area contributed by atoms with E-state index >= 15 is 0 Å². The van der Waals surface area contributed by atoms with Crippen LogP contribution in [-0.4, -0.2) is 0 Å². The van der Waals surface area contributed by atoms with Crippen molar-refractivity contribution in [1.82, 2.24) is 0 Å². The van der Waals surface area contributed by atoms with E-state index in [0.29, 0.717) is 11.1 Å². The molecule has 0 spiro atoms. The Labute approximate surface area is 186 Å². The number of fused-ring (bicyclic) bond motifs is 3. The maximum atomic E-state index is 13.2. The van der Waals surface area contributed by atoms with Crippen LogP contribution < -0.4 is 0 Å². The quantitative estimate of drug-likeness (QED) is 0.237. The molecular formula is C27H16F6. The summed E-state index contributed by atoms with van der Waals surface area (Å²) in [5.74, 6) is 0. The SMILES string of the molecule is FC(F)(F)c1ccc(C2(c3ccc(C(F)(F)F)cc3)c3ccccc3-c3ccccc32)cc1. The maximum absolute atomic E-state index is 13.2. The number of hydrogen-bond acceptors (Lipinski definition) is 0. The molecule has 0 N–H and O–H groups in total.